The fourth-order valence-corrected chi connectivity index (χ4v) is 2.96. The number of benzene rings is 1. The average Bonchev–Trinajstić information content (AvgIpc) is 3.28. The van der Waals surface area contributed by atoms with Crippen molar-refractivity contribution >= 4 is 28.7 Å². The van der Waals surface area contributed by atoms with E-state index in [9.17, 15) is 4.79 Å². The smallest absolute Gasteiger partial charge is 0.253 e. The van der Waals surface area contributed by atoms with E-state index in [1.807, 2.05) is 35.9 Å². The lowest BCUT2D eigenvalue weighted by Crippen LogP contribution is -2.23. The summed E-state index contributed by atoms with van der Waals surface area (Å²) in [5, 5.41) is 3.41. The summed E-state index contributed by atoms with van der Waals surface area (Å²) in [6.45, 7) is 0.316. The molecule has 0 bridgehead atoms. The number of nitrogens with zero attached hydrogens (tertiary/aromatic N) is 4. The number of carbonyl (C=O) groups excluding carboxylic acids is 1. The van der Waals surface area contributed by atoms with Crippen molar-refractivity contribution in [2.45, 2.75) is 6.54 Å². The van der Waals surface area contributed by atoms with Crippen LogP contribution in [0.5, 0.6) is 0 Å². The number of halogens is 1. The molecule has 0 atom stereocenters. The maximum atomic E-state index is 12.4. The van der Waals surface area contributed by atoms with Gasteiger partial charge in [-0.05, 0) is 18.2 Å². The molecule has 0 saturated carbocycles. The van der Waals surface area contributed by atoms with Gasteiger partial charge in [-0.25, -0.2) is 15.0 Å². The van der Waals surface area contributed by atoms with Crippen LogP contribution in [-0.2, 0) is 13.6 Å². The van der Waals surface area contributed by atoms with Crippen molar-refractivity contribution in [3.8, 4) is 11.4 Å². The monoisotopic (exact) mass is 366 g/mol. The van der Waals surface area contributed by atoms with Crippen LogP contribution in [0, 0.1) is 0 Å². The zero-order chi connectivity index (χ0) is 18.1. The molecule has 8 heteroatoms. The van der Waals surface area contributed by atoms with Gasteiger partial charge in [0.2, 0.25) is 0 Å². The van der Waals surface area contributed by atoms with E-state index in [1.54, 1.807) is 18.5 Å². The van der Waals surface area contributed by atoms with Gasteiger partial charge < -0.3 is 14.9 Å². The Morgan fingerprint density at radius 1 is 1.31 bits per heavy atom. The predicted molar refractivity (Wildman–Crippen MR) is 98.7 cm³/mol. The highest BCUT2D eigenvalue weighted by Gasteiger charge is 2.15. The maximum absolute atomic E-state index is 12.4. The van der Waals surface area contributed by atoms with Crippen molar-refractivity contribution in [3.05, 3.63) is 65.3 Å². The Balaban J connectivity index is 1.65. The minimum Gasteiger partial charge on any atom is -0.347 e. The Labute approximate surface area is 154 Å². The second-order valence-corrected chi connectivity index (χ2v) is 6.17. The Kier molecular flexibility index (Phi) is 4.14. The minimum atomic E-state index is -0.235. The van der Waals surface area contributed by atoms with E-state index in [-0.39, 0.29) is 5.91 Å². The summed E-state index contributed by atoms with van der Waals surface area (Å²) in [6.07, 6.45) is 4.89. The fraction of sp³-hybridized carbons (Fsp3) is 0.111. The SMILES string of the molecule is Cn1c(-c2ccccc2Cl)nc2cc(C(=O)NCc3ncc[nH]3)cnc21. The van der Waals surface area contributed by atoms with Gasteiger partial charge in [-0.3, -0.25) is 4.79 Å². The molecule has 3 heterocycles. The second kappa shape index (κ2) is 6.61. The first kappa shape index (κ1) is 16.3. The lowest BCUT2D eigenvalue weighted by atomic mass is 10.2. The average molecular weight is 367 g/mol. The van der Waals surface area contributed by atoms with Crippen molar-refractivity contribution < 1.29 is 4.79 Å². The number of hydrogen-bond donors (Lipinski definition) is 2. The summed E-state index contributed by atoms with van der Waals surface area (Å²) in [7, 11) is 1.87. The lowest BCUT2D eigenvalue weighted by molar-refractivity contribution is 0.0949. The van der Waals surface area contributed by atoms with E-state index in [1.165, 1.54) is 6.20 Å². The van der Waals surface area contributed by atoms with E-state index >= 15 is 0 Å². The Hall–Kier alpha value is -3.19. The molecular weight excluding hydrogens is 352 g/mol. The number of nitrogens with one attached hydrogen (secondary N) is 2. The first-order valence-electron chi connectivity index (χ1n) is 7.97. The van der Waals surface area contributed by atoms with Crippen molar-refractivity contribution in [1.82, 2.24) is 29.8 Å². The Bertz CT molecular complexity index is 1090. The molecule has 0 fully saturated rings. The van der Waals surface area contributed by atoms with Crippen LogP contribution in [0.2, 0.25) is 5.02 Å². The molecule has 2 N–H and O–H groups in total. The summed E-state index contributed by atoms with van der Waals surface area (Å²) >= 11 is 6.28. The number of aromatic amines is 1. The van der Waals surface area contributed by atoms with Gasteiger partial charge in [0.05, 0.1) is 17.1 Å². The zero-order valence-corrected chi connectivity index (χ0v) is 14.7. The number of aromatic nitrogens is 5. The summed E-state index contributed by atoms with van der Waals surface area (Å²) in [6, 6.07) is 9.22. The van der Waals surface area contributed by atoms with E-state index in [0.29, 0.717) is 39.9 Å². The van der Waals surface area contributed by atoms with Crippen LogP contribution >= 0.6 is 11.6 Å². The first-order valence-corrected chi connectivity index (χ1v) is 8.35. The highest BCUT2D eigenvalue weighted by atomic mass is 35.5. The molecule has 130 valence electrons. The molecule has 0 aliphatic heterocycles. The third-order valence-corrected chi connectivity index (χ3v) is 4.39. The van der Waals surface area contributed by atoms with Gasteiger partial charge in [0.1, 0.15) is 17.2 Å². The lowest BCUT2D eigenvalue weighted by Gasteiger charge is -2.04. The summed E-state index contributed by atoms with van der Waals surface area (Å²) < 4.78 is 1.86. The molecular formula is C18H15ClN6O. The summed E-state index contributed by atoms with van der Waals surface area (Å²) in [5.41, 5.74) is 2.57. The van der Waals surface area contributed by atoms with Crippen LogP contribution in [0.25, 0.3) is 22.6 Å². The molecule has 1 aromatic carbocycles. The largest absolute Gasteiger partial charge is 0.347 e. The third-order valence-electron chi connectivity index (χ3n) is 4.06. The molecule has 0 saturated heterocycles. The molecule has 0 aliphatic carbocycles. The molecule has 0 spiro atoms. The number of amides is 1. The number of aryl methyl sites for hydroxylation is 1. The van der Waals surface area contributed by atoms with Crippen LogP contribution in [0.3, 0.4) is 0 Å². The number of fused-ring (bicyclic) bond motifs is 1. The third kappa shape index (κ3) is 2.93. The normalized spacial score (nSPS) is 11.0. The number of rotatable bonds is 4. The second-order valence-electron chi connectivity index (χ2n) is 5.76. The highest BCUT2D eigenvalue weighted by molar-refractivity contribution is 6.33. The van der Waals surface area contributed by atoms with Crippen molar-refractivity contribution in [2.75, 3.05) is 0 Å². The maximum Gasteiger partial charge on any atom is 0.253 e. The quantitative estimate of drug-likeness (QED) is 0.581. The van der Waals surface area contributed by atoms with Gasteiger partial charge in [-0.1, -0.05) is 23.7 Å². The summed E-state index contributed by atoms with van der Waals surface area (Å²) in [5.74, 6) is 1.15. The minimum absolute atomic E-state index is 0.235. The number of H-pyrrole nitrogens is 1. The molecule has 26 heavy (non-hydrogen) atoms. The Morgan fingerprint density at radius 2 is 2.15 bits per heavy atom. The van der Waals surface area contributed by atoms with E-state index < -0.39 is 0 Å². The van der Waals surface area contributed by atoms with Crippen LogP contribution in [0.15, 0.2) is 48.9 Å². The Morgan fingerprint density at radius 3 is 2.92 bits per heavy atom. The molecule has 4 rings (SSSR count). The van der Waals surface area contributed by atoms with Crippen LogP contribution < -0.4 is 5.32 Å². The van der Waals surface area contributed by atoms with Crippen molar-refractivity contribution in [2.24, 2.45) is 7.05 Å². The number of hydrogen-bond acceptors (Lipinski definition) is 4. The molecule has 3 aromatic heterocycles. The standard InChI is InChI=1S/C18H15ClN6O/c1-25-16(12-4-2-3-5-13(12)19)24-14-8-11(9-22-17(14)25)18(26)23-10-15-20-6-7-21-15/h2-9H,10H2,1H3,(H,20,21)(H,23,26). The van der Waals surface area contributed by atoms with Crippen LogP contribution in [0.1, 0.15) is 16.2 Å². The van der Waals surface area contributed by atoms with E-state index in [0.717, 1.165) is 5.56 Å². The van der Waals surface area contributed by atoms with E-state index in [4.69, 9.17) is 11.6 Å². The van der Waals surface area contributed by atoms with Crippen LogP contribution in [-0.4, -0.2) is 30.4 Å². The van der Waals surface area contributed by atoms with E-state index in [2.05, 4.69) is 25.3 Å². The number of imidazole rings is 2. The van der Waals surface area contributed by atoms with Crippen LogP contribution in [0.4, 0.5) is 0 Å². The van der Waals surface area contributed by atoms with Gasteiger partial charge >= 0.3 is 0 Å². The van der Waals surface area contributed by atoms with Gasteiger partial charge in [0, 0.05) is 31.2 Å². The molecule has 4 aromatic rings. The predicted octanol–water partition coefficient (Wildman–Crippen LogP) is 2.94. The van der Waals surface area contributed by atoms with Crippen molar-refractivity contribution in [3.63, 3.8) is 0 Å². The van der Waals surface area contributed by atoms with Crippen molar-refractivity contribution in [1.29, 1.82) is 0 Å². The zero-order valence-electron chi connectivity index (χ0n) is 13.9. The number of pyridine rings is 1. The molecule has 0 aliphatic rings. The fourth-order valence-electron chi connectivity index (χ4n) is 2.74. The molecule has 0 unspecified atom stereocenters. The van der Waals surface area contributed by atoms with Gasteiger partial charge in [0.15, 0.2) is 5.65 Å². The van der Waals surface area contributed by atoms with Gasteiger partial charge in [0.25, 0.3) is 5.91 Å². The first-order chi connectivity index (χ1) is 12.6. The number of carbonyl (C=O) groups is 1. The molecule has 1 amide bonds. The highest BCUT2D eigenvalue weighted by Crippen LogP contribution is 2.28. The molecule has 7 nitrogen and oxygen atoms in total. The summed E-state index contributed by atoms with van der Waals surface area (Å²) in [4.78, 5) is 28.4. The molecule has 0 radical (unpaired) electrons. The van der Waals surface area contributed by atoms with Gasteiger partial charge in [-0.15, -0.1) is 0 Å². The topological polar surface area (TPSA) is 88.5 Å². The van der Waals surface area contributed by atoms with Gasteiger partial charge in [-0.2, -0.15) is 0 Å².